The van der Waals surface area contributed by atoms with Crippen LogP contribution in [0.15, 0.2) is 79.4 Å². The second-order valence-electron chi connectivity index (χ2n) is 19.0. The Kier molecular flexibility index (Phi) is 21.1. The van der Waals surface area contributed by atoms with Gasteiger partial charge >= 0.3 is 7.82 Å². The molecule has 2 aliphatic rings. The van der Waals surface area contributed by atoms with Crippen LogP contribution in [-0.2, 0) is 54.9 Å². The lowest BCUT2D eigenvalue weighted by Crippen LogP contribution is -2.41. The summed E-state index contributed by atoms with van der Waals surface area (Å²) in [5.74, 6) is 0.164. The van der Waals surface area contributed by atoms with E-state index >= 15 is 0 Å². The highest BCUT2D eigenvalue weighted by Crippen LogP contribution is 2.52. The third kappa shape index (κ3) is 14.0. The van der Waals surface area contributed by atoms with Crippen LogP contribution in [0.4, 0.5) is 11.6 Å². The van der Waals surface area contributed by atoms with Crippen molar-refractivity contribution in [2.75, 3.05) is 44.5 Å². The molecule has 7 rings (SSSR count). The maximum absolute atomic E-state index is 14.9. The number of nitriles is 2. The molecule has 1 aromatic carbocycles. The summed E-state index contributed by atoms with van der Waals surface area (Å²) in [4.78, 5) is 7.91. The maximum Gasteiger partial charge on any atom is 0.475 e. The van der Waals surface area contributed by atoms with E-state index in [0.29, 0.717) is 17.6 Å². The Bertz CT molecular complexity index is 2600. The molecule has 8 N–H and O–H groups in total. The number of phosphoric ester groups is 1. The van der Waals surface area contributed by atoms with Gasteiger partial charge in [-0.3, -0.25) is 13.6 Å². The number of rotatable bonds is 32. The van der Waals surface area contributed by atoms with Gasteiger partial charge in [0.1, 0.15) is 78.6 Å². The van der Waals surface area contributed by atoms with E-state index in [1.165, 1.54) is 84.7 Å². The minimum absolute atomic E-state index is 0.0197. The van der Waals surface area contributed by atoms with Gasteiger partial charge in [-0.1, -0.05) is 107 Å². The minimum Gasteiger partial charge on any atom is -0.387 e. The van der Waals surface area contributed by atoms with Gasteiger partial charge in [-0.15, -0.1) is 0 Å². The standard InChI is InChI=1S/C52H71N10O12P/c1-2-3-4-5-6-7-8-9-10-11-12-13-14-15-16-20-27-68-29-38(69-28-37-21-18-17-19-22-37)30-70-75(67,71-31-41-45(63)47(65)51(33-53,73-41)43-25-23-39-49(55)57-35-59-61(39)43)72-32-42-46(64)48(66)52(34-54,74-42)44-26-24-40-50(56)58-36-60-62(40)44/h9-10,17-19,21-26,35-36,38,41-42,45-48,63-66H,2-8,11-16,20,27-32H2,1H3,(H2,55,57,59)(H2,56,58,60)/b10-9-/t38-,41-,42-,45-,46-,47-,48-,51+,52+/m1/s1. The van der Waals surface area contributed by atoms with Crippen molar-refractivity contribution in [1.82, 2.24) is 29.2 Å². The zero-order chi connectivity index (χ0) is 53.3. The van der Waals surface area contributed by atoms with Crippen LogP contribution in [0.25, 0.3) is 11.0 Å². The summed E-state index contributed by atoms with van der Waals surface area (Å²) in [5.41, 5.74) is 9.10. The first kappa shape index (κ1) is 57.3. The Hall–Kier alpha value is -5.43. The van der Waals surface area contributed by atoms with Crippen LogP contribution in [0.3, 0.4) is 0 Å². The number of hydrogen-bond donors (Lipinski definition) is 6. The molecule has 23 heteroatoms. The molecular formula is C52H71N10O12P. The fourth-order valence-electron chi connectivity index (χ4n) is 9.32. The zero-order valence-electron chi connectivity index (χ0n) is 42.4. The number of anilines is 2. The van der Waals surface area contributed by atoms with Crippen LogP contribution in [0.1, 0.15) is 114 Å². The van der Waals surface area contributed by atoms with E-state index in [4.69, 9.17) is 44.0 Å². The van der Waals surface area contributed by atoms with Gasteiger partial charge in [0.25, 0.3) is 0 Å². The van der Waals surface area contributed by atoms with Gasteiger partial charge in [-0.2, -0.15) is 20.7 Å². The summed E-state index contributed by atoms with van der Waals surface area (Å²) in [6.45, 7) is 0.852. The van der Waals surface area contributed by atoms with Crippen LogP contribution in [-0.4, -0.2) is 125 Å². The molecule has 406 valence electrons. The molecule has 0 aliphatic carbocycles. The van der Waals surface area contributed by atoms with Crippen LogP contribution in [0, 0.1) is 22.7 Å². The topological polar surface area (TPSA) is 323 Å². The summed E-state index contributed by atoms with van der Waals surface area (Å²) in [6, 6.07) is 19.2. The lowest BCUT2D eigenvalue weighted by molar-refractivity contribution is -0.0802. The number of aromatic nitrogens is 6. The van der Waals surface area contributed by atoms with Crippen molar-refractivity contribution in [2.45, 2.75) is 157 Å². The Morgan fingerprint density at radius 2 is 1.19 bits per heavy atom. The number of nitrogen functional groups attached to an aromatic ring is 2. The van der Waals surface area contributed by atoms with E-state index < -0.39 is 81.6 Å². The van der Waals surface area contributed by atoms with E-state index in [-0.39, 0.29) is 36.2 Å². The number of fused-ring (bicyclic) bond motifs is 2. The summed E-state index contributed by atoms with van der Waals surface area (Å²) in [7, 11) is -4.89. The van der Waals surface area contributed by atoms with E-state index in [9.17, 15) is 35.5 Å². The van der Waals surface area contributed by atoms with Crippen molar-refractivity contribution < 1.29 is 57.5 Å². The summed E-state index contributed by atoms with van der Waals surface area (Å²) < 4.78 is 59.5. The van der Waals surface area contributed by atoms with Gasteiger partial charge in [0, 0.05) is 6.61 Å². The second-order valence-corrected chi connectivity index (χ2v) is 20.6. The first-order valence-corrected chi connectivity index (χ1v) is 27.4. The van der Waals surface area contributed by atoms with Crippen LogP contribution in [0.5, 0.6) is 0 Å². The largest absolute Gasteiger partial charge is 0.475 e. The number of aliphatic hydroxyl groups excluding tert-OH is 4. The van der Waals surface area contributed by atoms with E-state index in [0.717, 1.165) is 56.7 Å². The molecule has 4 aromatic heterocycles. The van der Waals surface area contributed by atoms with Gasteiger partial charge in [-0.25, -0.2) is 23.6 Å². The fourth-order valence-corrected chi connectivity index (χ4v) is 10.5. The highest BCUT2D eigenvalue weighted by molar-refractivity contribution is 7.48. The van der Waals surface area contributed by atoms with Crippen molar-refractivity contribution >= 4 is 30.5 Å². The first-order valence-electron chi connectivity index (χ1n) is 25.9. The van der Waals surface area contributed by atoms with Gasteiger partial charge in [0.2, 0.25) is 11.2 Å². The molecule has 0 bridgehead atoms. The number of benzene rings is 1. The molecule has 0 unspecified atom stereocenters. The quantitative estimate of drug-likeness (QED) is 0.0161. The van der Waals surface area contributed by atoms with Crippen LogP contribution in [0.2, 0.25) is 0 Å². The van der Waals surface area contributed by atoms with Gasteiger partial charge < -0.3 is 50.8 Å². The molecule has 0 radical (unpaired) electrons. The Labute approximate surface area is 436 Å². The summed E-state index contributed by atoms with van der Waals surface area (Å²) >= 11 is 0. The Balaban J connectivity index is 0.998. The average molecular weight is 1060 g/mol. The Morgan fingerprint density at radius 3 is 1.69 bits per heavy atom. The normalized spacial score (nSPS) is 24.4. The molecular weight excluding hydrogens is 988 g/mol. The number of allylic oxidation sites excluding steroid dienone is 2. The molecule has 0 spiro atoms. The lowest BCUT2D eigenvalue weighted by Gasteiger charge is -2.26. The van der Waals surface area contributed by atoms with Crippen LogP contribution < -0.4 is 11.5 Å². The maximum atomic E-state index is 14.9. The van der Waals surface area contributed by atoms with Crippen molar-refractivity contribution in [2.24, 2.45) is 0 Å². The minimum atomic E-state index is -4.89. The number of unbranched alkanes of at least 4 members (excludes halogenated alkanes) is 12. The van der Waals surface area contributed by atoms with Crippen LogP contribution >= 0.6 is 7.82 Å². The van der Waals surface area contributed by atoms with Gasteiger partial charge in [-0.05, 0) is 61.9 Å². The van der Waals surface area contributed by atoms with Crippen molar-refractivity contribution in [3.05, 3.63) is 96.4 Å². The lowest BCUT2D eigenvalue weighted by atomic mass is 9.92. The molecule has 2 aliphatic heterocycles. The van der Waals surface area contributed by atoms with E-state index in [1.807, 2.05) is 42.5 Å². The summed E-state index contributed by atoms with van der Waals surface area (Å²) in [5, 5.41) is 74.8. The third-order valence-corrected chi connectivity index (χ3v) is 15.0. The molecule has 0 saturated carbocycles. The van der Waals surface area contributed by atoms with E-state index in [2.05, 4.69) is 39.2 Å². The van der Waals surface area contributed by atoms with E-state index in [1.54, 1.807) is 0 Å². The molecule has 9 atom stereocenters. The van der Waals surface area contributed by atoms with Crippen molar-refractivity contribution in [3.8, 4) is 12.1 Å². The number of ether oxygens (including phenoxy) is 4. The van der Waals surface area contributed by atoms with Crippen molar-refractivity contribution in [1.29, 1.82) is 10.5 Å². The Morgan fingerprint density at radius 1 is 0.693 bits per heavy atom. The number of aliphatic hydroxyl groups is 4. The number of nitrogens with two attached hydrogens (primary N) is 2. The molecule has 22 nitrogen and oxygen atoms in total. The predicted molar refractivity (Wildman–Crippen MR) is 274 cm³/mol. The molecule has 5 aromatic rings. The summed E-state index contributed by atoms with van der Waals surface area (Å²) in [6.07, 6.45) is 12.2. The highest BCUT2D eigenvalue weighted by atomic mass is 31.2. The second kappa shape index (κ2) is 27.6. The monoisotopic (exact) mass is 1060 g/mol. The number of phosphoric acid groups is 1. The molecule has 2 fully saturated rings. The third-order valence-electron chi connectivity index (χ3n) is 13.6. The van der Waals surface area contributed by atoms with Gasteiger partial charge in [0.05, 0.1) is 44.4 Å². The van der Waals surface area contributed by atoms with Gasteiger partial charge in [0.15, 0.2) is 11.6 Å². The molecule has 6 heterocycles. The molecule has 75 heavy (non-hydrogen) atoms. The fraction of sp³-hybridized carbons (Fsp3) is 0.577. The number of nitrogens with zero attached hydrogens (tertiary/aromatic N) is 8. The number of hydrogen-bond acceptors (Lipinski definition) is 20. The average Bonchev–Trinajstić information content (AvgIpc) is 4.19. The zero-order valence-corrected chi connectivity index (χ0v) is 43.3. The highest BCUT2D eigenvalue weighted by Gasteiger charge is 2.59. The smallest absolute Gasteiger partial charge is 0.387 e. The predicted octanol–water partition coefficient (Wildman–Crippen LogP) is 6.11. The molecule has 2 saturated heterocycles. The first-order chi connectivity index (χ1) is 36.4. The molecule has 0 amide bonds. The SMILES string of the molecule is CCCCCCCC/C=C\CCCCCCCCOC[C@H](COP(=O)(OC[C@H]1O[C@@](C#N)(c2ccc3c(N)ncnn23)[C@H](O)[C@@H]1O)OC[C@H]1O[C@@](C#N)(c2ccc3c(N)ncnn23)[C@H](O)[C@@H]1O)OCc1ccccc1. The van der Waals surface area contributed by atoms with Crippen molar-refractivity contribution in [3.63, 3.8) is 0 Å².